The zero-order valence-corrected chi connectivity index (χ0v) is 11.8. The summed E-state index contributed by atoms with van der Waals surface area (Å²) in [7, 11) is 0. The first-order valence-corrected chi connectivity index (χ1v) is 7.63. The highest BCUT2D eigenvalue weighted by molar-refractivity contribution is 7.12. The van der Waals surface area contributed by atoms with Crippen molar-refractivity contribution in [2.45, 2.75) is 57.7 Å². The Bertz CT molecular complexity index is 337. The van der Waals surface area contributed by atoms with E-state index in [9.17, 15) is 0 Å². The molecule has 2 heteroatoms. The molecule has 1 aliphatic rings. The maximum atomic E-state index is 6.51. The van der Waals surface area contributed by atoms with E-state index in [1.54, 1.807) is 0 Å². The lowest BCUT2D eigenvalue weighted by atomic mass is 9.99. The van der Waals surface area contributed by atoms with E-state index in [2.05, 4.69) is 19.9 Å². The third-order valence-electron chi connectivity index (χ3n) is 3.67. The lowest BCUT2D eigenvalue weighted by molar-refractivity contribution is 0.480. The van der Waals surface area contributed by atoms with E-state index in [1.807, 2.05) is 11.3 Å². The fourth-order valence-electron chi connectivity index (χ4n) is 2.78. The lowest BCUT2D eigenvalue weighted by Gasteiger charge is -2.12. The number of thiophene rings is 1. The summed E-state index contributed by atoms with van der Waals surface area (Å²) < 4.78 is 0. The molecule has 0 aliphatic heterocycles. The van der Waals surface area contributed by atoms with Crippen LogP contribution in [0.5, 0.6) is 0 Å². The van der Waals surface area contributed by atoms with Gasteiger partial charge in [-0.15, -0.1) is 22.9 Å². The van der Waals surface area contributed by atoms with Crippen molar-refractivity contribution in [2.75, 3.05) is 0 Å². The molecule has 1 fully saturated rings. The maximum Gasteiger partial charge on any atom is 0.0681 e. The van der Waals surface area contributed by atoms with Crippen LogP contribution in [0.3, 0.4) is 0 Å². The molecule has 1 atom stereocenters. The largest absolute Gasteiger partial charge is 0.144 e. The van der Waals surface area contributed by atoms with Gasteiger partial charge in [0.2, 0.25) is 0 Å². The molecule has 1 saturated carbocycles. The Morgan fingerprint density at radius 2 is 2.06 bits per heavy atom. The molecular formula is C14H21ClS. The van der Waals surface area contributed by atoms with Crippen LogP contribution in [0.25, 0.3) is 0 Å². The number of halogens is 1. The summed E-state index contributed by atoms with van der Waals surface area (Å²) >= 11 is 8.39. The molecule has 90 valence electrons. The van der Waals surface area contributed by atoms with Gasteiger partial charge in [0.15, 0.2) is 0 Å². The Morgan fingerprint density at radius 1 is 1.38 bits per heavy atom. The van der Waals surface area contributed by atoms with Crippen molar-refractivity contribution in [1.82, 2.24) is 0 Å². The van der Waals surface area contributed by atoms with Gasteiger partial charge in [0.05, 0.1) is 5.38 Å². The third-order valence-corrected chi connectivity index (χ3v) is 5.50. The second kappa shape index (κ2) is 5.55. The summed E-state index contributed by atoms with van der Waals surface area (Å²) in [6.07, 6.45) is 8.24. The normalized spacial score (nSPS) is 19.2. The van der Waals surface area contributed by atoms with Crippen molar-refractivity contribution < 1.29 is 0 Å². The van der Waals surface area contributed by atoms with E-state index < -0.39 is 0 Å². The number of hydrogen-bond acceptors (Lipinski definition) is 1. The molecule has 0 amide bonds. The van der Waals surface area contributed by atoms with Crippen LogP contribution in [0.15, 0.2) is 6.07 Å². The number of hydrogen-bond donors (Lipinski definition) is 0. The van der Waals surface area contributed by atoms with Crippen LogP contribution in [0.2, 0.25) is 0 Å². The van der Waals surface area contributed by atoms with Crippen molar-refractivity contribution in [2.24, 2.45) is 5.92 Å². The van der Waals surface area contributed by atoms with E-state index in [-0.39, 0.29) is 5.38 Å². The van der Waals surface area contributed by atoms with Crippen molar-refractivity contribution >= 4 is 22.9 Å². The van der Waals surface area contributed by atoms with Gasteiger partial charge in [0.1, 0.15) is 0 Å². The van der Waals surface area contributed by atoms with E-state index in [1.165, 1.54) is 47.4 Å². The van der Waals surface area contributed by atoms with Gasteiger partial charge in [-0.2, -0.15) is 0 Å². The van der Waals surface area contributed by atoms with E-state index in [0.717, 1.165) is 12.3 Å². The molecule has 1 aromatic heterocycles. The molecule has 1 unspecified atom stereocenters. The van der Waals surface area contributed by atoms with Crippen LogP contribution < -0.4 is 0 Å². The zero-order valence-electron chi connectivity index (χ0n) is 10.3. The molecule has 1 aromatic rings. The van der Waals surface area contributed by atoms with Gasteiger partial charge in [0.25, 0.3) is 0 Å². The molecule has 16 heavy (non-hydrogen) atoms. The fraction of sp³-hybridized carbons (Fsp3) is 0.714. The Morgan fingerprint density at radius 3 is 2.62 bits per heavy atom. The molecule has 2 rings (SSSR count). The average molecular weight is 257 g/mol. The fourth-order valence-corrected chi connectivity index (χ4v) is 4.26. The molecule has 0 aromatic carbocycles. The Balaban J connectivity index is 1.87. The second-order valence-corrected chi connectivity index (χ2v) is 6.91. The monoisotopic (exact) mass is 256 g/mol. The molecule has 0 spiro atoms. The Hall–Kier alpha value is -0.0100. The summed E-state index contributed by atoms with van der Waals surface area (Å²) in [6, 6.07) is 2.25. The SMILES string of the molecule is Cc1cc(C)c(C(Cl)CCC2CCCC2)s1. The first-order chi connectivity index (χ1) is 7.66. The molecule has 0 N–H and O–H groups in total. The molecule has 0 radical (unpaired) electrons. The zero-order chi connectivity index (χ0) is 11.5. The average Bonchev–Trinajstić information content (AvgIpc) is 2.84. The third kappa shape index (κ3) is 3.01. The highest BCUT2D eigenvalue weighted by Gasteiger charge is 2.19. The Kier molecular flexibility index (Phi) is 4.32. The molecule has 1 aliphatic carbocycles. The van der Waals surface area contributed by atoms with Gasteiger partial charge in [0, 0.05) is 9.75 Å². The Labute approximate surface area is 108 Å². The first kappa shape index (κ1) is 12.4. The van der Waals surface area contributed by atoms with Crippen molar-refractivity contribution in [1.29, 1.82) is 0 Å². The van der Waals surface area contributed by atoms with Gasteiger partial charge in [-0.1, -0.05) is 25.7 Å². The minimum atomic E-state index is 0.249. The minimum absolute atomic E-state index is 0.249. The molecular weight excluding hydrogens is 236 g/mol. The minimum Gasteiger partial charge on any atom is -0.144 e. The predicted molar refractivity (Wildman–Crippen MR) is 73.6 cm³/mol. The predicted octanol–water partition coefficient (Wildman–Crippen LogP) is 5.62. The van der Waals surface area contributed by atoms with Crippen LogP contribution in [-0.4, -0.2) is 0 Å². The van der Waals surface area contributed by atoms with Gasteiger partial charge in [-0.25, -0.2) is 0 Å². The summed E-state index contributed by atoms with van der Waals surface area (Å²) in [4.78, 5) is 2.79. The molecule has 0 bridgehead atoms. The maximum absolute atomic E-state index is 6.51. The summed E-state index contributed by atoms with van der Waals surface area (Å²) in [5.74, 6) is 0.961. The smallest absolute Gasteiger partial charge is 0.0681 e. The summed E-state index contributed by atoms with van der Waals surface area (Å²) in [5.41, 5.74) is 1.38. The van der Waals surface area contributed by atoms with Crippen molar-refractivity contribution in [3.63, 3.8) is 0 Å². The van der Waals surface area contributed by atoms with E-state index in [0.29, 0.717) is 0 Å². The van der Waals surface area contributed by atoms with Gasteiger partial charge < -0.3 is 0 Å². The van der Waals surface area contributed by atoms with Gasteiger partial charge >= 0.3 is 0 Å². The van der Waals surface area contributed by atoms with Crippen LogP contribution in [0.4, 0.5) is 0 Å². The topological polar surface area (TPSA) is 0 Å². The van der Waals surface area contributed by atoms with Gasteiger partial charge in [-0.3, -0.25) is 0 Å². The quantitative estimate of drug-likeness (QED) is 0.614. The van der Waals surface area contributed by atoms with Crippen LogP contribution in [0.1, 0.15) is 59.2 Å². The highest BCUT2D eigenvalue weighted by Crippen LogP contribution is 2.37. The van der Waals surface area contributed by atoms with Crippen molar-refractivity contribution in [3.8, 4) is 0 Å². The van der Waals surface area contributed by atoms with E-state index in [4.69, 9.17) is 11.6 Å². The summed E-state index contributed by atoms with van der Waals surface area (Å²) in [5, 5.41) is 0.249. The standard InChI is InChI=1S/C14H21ClS/c1-10-9-11(2)16-14(10)13(15)8-7-12-5-3-4-6-12/h9,12-13H,3-8H2,1-2H3. The first-order valence-electron chi connectivity index (χ1n) is 6.38. The molecule has 0 saturated heterocycles. The van der Waals surface area contributed by atoms with E-state index >= 15 is 0 Å². The molecule has 0 nitrogen and oxygen atoms in total. The van der Waals surface area contributed by atoms with Crippen LogP contribution in [-0.2, 0) is 0 Å². The van der Waals surface area contributed by atoms with Crippen LogP contribution in [0, 0.1) is 19.8 Å². The highest BCUT2D eigenvalue weighted by atomic mass is 35.5. The lowest BCUT2D eigenvalue weighted by Crippen LogP contribution is -1.97. The van der Waals surface area contributed by atoms with Gasteiger partial charge in [-0.05, 0) is 44.2 Å². The number of aryl methyl sites for hydroxylation is 2. The van der Waals surface area contributed by atoms with Crippen molar-refractivity contribution in [3.05, 3.63) is 21.4 Å². The second-order valence-electron chi connectivity index (χ2n) is 5.10. The van der Waals surface area contributed by atoms with Crippen LogP contribution >= 0.6 is 22.9 Å². The summed E-state index contributed by atoms with van der Waals surface area (Å²) in [6.45, 7) is 4.35. The molecule has 1 heterocycles. The number of rotatable bonds is 4. The number of alkyl halides is 1.